The van der Waals surface area contributed by atoms with Gasteiger partial charge in [0.2, 0.25) is 0 Å². The first-order valence-corrected chi connectivity index (χ1v) is 3.25. The third-order valence-electron chi connectivity index (χ3n) is 1.09. The van der Waals surface area contributed by atoms with Gasteiger partial charge in [-0.2, -0.15) is 0 Å². The number of hydrogen-bond acceptors (Lipinski definition) is 4. The summed E-state index contributed by atoms with van der Waals surface area (Å²) >= 11 is 0. The zero-order valence-corrected chi connectivity index (χ0v) is 6.17. The Bertz CT molecular complexity index is 87.8. The van der Waals surface area contributed by atoms with Crippen LogP contribution in [0.1, 0.15) is 0 Å². The number of ether oxygens (including phenoxy) is 1. The van der Waals surface area contributed by atoms with Crippen molar-refractivity contribution in [3.8, 4) is 0 Å². The van der Waals surface area contributed by atoms with Gasteiger partial charge < -0.3 is 20.6 Å². The van der Waals surface area contributed by atoms with Gasteiger partial charge in [0, 0.05) is 13.1 Å². The lowest BCUT2D eigenvalue weighted by molar-refractivity contribution is -0.113. The van der Waals surface area contributed by atoms with Gasteiger partial charge in [0.15, 0.2) is 0 Å². The molecule has 0 bridgehead atoms. The molecule has 0 aromatic rings. The molecule has 10 heavy (non-hydrogen) atoms. The summed E-state index contributed by atoms with van der Waals surface area (Å²) in [6.07, 6.45) is 0.674. The third kappa shape index (κ3) is 4.43. The van der Waals surface area contributed by atoms with Gasteiger partial charge in [0.1, 0.15) is 12.9 Å². The van der Waals surface area contributed by atoms with Crippen molar-refractivity contribution < 1.29 is 9.53 Å². The maximum Gasteiger partial charge on any atom is 0.145 e. The molecule has 0 saturated carbocycles. The Morgan fingerprint density at radius 1 is 1.80 bits per heavy atom. The smallest absolute Gasteiger partial charge is 0.145 e. The maximum atomic E-state index is 9.84. The zero-order chi connectivity index (χ0) is 7.82. The molecule has 0 aliphatic carbocycles. The second-order valence-corrected chi connectivity index (χ2v) is 1.92. The Kier molecular flexibility index (Phi) is 6.37. The quantitative estimate of drug-likeness (QED) is 0.459. The van der Waals surface area contributed by atoms with Crippen LogP contribution < -0.4 is 11.1 Å². The highest BCUT2D eigenvalue weighted by molar-refractivity contribution is 5.50. The summed E-state index contributed by atoms with van der Waals surface area (Å²) in [5.74, 6) is 0. The van der Waals surface area contributed by atoms with E-state index in [4.69, 9.17) is 10.5 Å². The van der Waals surface area contributed by atoms with Crippen LogP contribution in [0.4, 0.5) is 0 Å². The van der Waals surface area contributed by atoms with E-state index in [1.54, 1.807) is 0 Å². The van der Waals surface area contributed by atoms with Crippen LogP contribution in [0.5, 0.6) is 0 Å². The number of aldehydes is 1. The molecular formula is C6H14N2O2. The van der Waals surface area contributed by atoms with Crippen LogP contribution >= 0.6 is 0 Å². The molecule has 4 heteroatoms. The van der Waals surface area contributed by atoms with Crippen LogP contribution in [0.2, 0.25) is 0 Å². The molecule has 0 spiro atoms. The lowest BCUT2D eigenvalue weighted by atomic mass is 10.3. The molecular weight excluding hydrogens is 132 g/mol. The Balaban J connectivity index is 3.29. The van der Waals surface area contributed by atoms with Gasteiger partial charge in [0.25, 0.3) is 0 Å². The van der Waals surface area contributed by atoms with E-state index in [0.29, 0.717) is 13.1 Å². The topological polar surface area (TPSA) is 64.3 Å². The summed E-state index contributed by atoms with van der Waals surface area (Å²) in [6.45, 7) is 1.25. The van der Waals surface area contributed by atoms with Crippen LogP contribution in [0.15, 0.2) is 0 Å². The minimum Gasteiger partial charge on any atom is -0.368 e. The average molecular weight is 146 g/mol. The highest BCUT2D eigenvalue weighted by Crippen LogP contribution is 1.84. The molecule has 0 rings (SSSR count). The number of nitrogens with one attached hydrogen (secondary N) is 1. The molecule has 0 aromatic carbocycles. The van der Waals surface area contributed by atoms with E-state index in [-0.39, 0.29) is 12.7 Å². The average Bonchev–Trinajstić information content (AvgIpc) is 1.98. The monoisotopic (exact) mass is 146 g/mol. The molecule has 1 atom stereocenters. The molecule has 1 unspecified atom stereocenters. The second kappa shape index (κ2) is 6.67. The van der Waals surface area contributed by atoms with E-state index >= 15 is 0 Å². The molecule has 0 aliphatic heterocycles. The second-order valence-electron chi connectivity index (χ2n) is 1.92. The first-order valence-electron chi connectivity index (χ1n) is 3.25. The summed E-state index contributed by atoms with van der Waals surface area (Å²) in [6, 6.07) is 0. The van der Waals surface area contributed by atoms with Crippen molar-refractivity contribution >= 4 is 6.29 Å². The fraction of sp³-hybridized carbons (Fsp3) is 0.833. The van der Waals surface area contributed by atoms with Gasteiger partial charge in [-0.05, 0) is 7.05 Å². The van der Waals surface area contributed by atoms with E-state index in [1.807, 2.05) is 7.05 Å². The van der Waals surface area contributed by atoms with Crippen molar-refractivity contribution in [2.75, 3.05) is 26.7 Å². The fourth-order valence-corrected chi connectivity index (χ4v) is 0.613. The first kappa shape index (κ1) is 9.55. The molecule has 0 amide bonds. The summed E-state index contributed by atoms with van der Waals surface area (Å²) < 4.78 is 5.03. The van der Waals surface area contributed by atoms with E-state index in [1.165, 1.54) is 0 Å². The van der Waals surface area contributed by atoms with Crippen LogP contribution in [-0.4, -0.2) is 39.1 Å². The number of carbonyl (C=O) groups excluding carboxylic acids is 1. The number of hydrogen-bond donors (Lipinski definition) is 2. The minimum absolute atomic E-state index is 0.0461. The molecule has 0 radical (unpaired) electrons. The van der Waals surface area contributed by atoms with Crippen molar-refractivity contribution in [2.24, 2.45) is 5.73 Å². The van der Waals surface area contributed by atoms with Crippen molar-refractivity contribution in [3.05, 3.63) is 0 Å². The van der Waals surface area contributed by atoms with Gasteiger partial charge in [-0.15, -0.1) is 0 Å². The lowest BCUT2D eigenvalue weighted by Gasteiger charge is -2.12. The standard InChI is InChI=1S/C6H14N2O2/c1-8-5-6(4-7)10-3-2-9/h2,6,8H,3-5,7H2,1H3. The Labute approximate surface area is 60.7 Å². The highest BCUT2D eigenvalue weighted by Gasteiger charge is 2.02. The van der Waals surface area contributed by atoms with Gasteiger partial charge in [0.05, 0.1) is 6.10 Å². The predicted molar refractivity (Wildman–Crippen MR) is 38.8 cm³/mol. The summed E-state index contributed by atoms with van der Waals surface area (Å²) in [5.41, 5.74) is 5.32. The fourth-order valence-electron chi connectivity index (χ4n) is 0.613. The predicted octanol–water partition coefficient (Wildman–Crippen LogP) is -1.25. The molecule has 0 aliphatic rings. The van der Waals surface area contributed by atoms with Crippen molar-refractivity contribution in [2.45, 2.75) is 6.10 Å². The zero-order valence-electron chi connectivity index (χ0n) is 6.17. The first-order chi connectivity index (χ1) is 4.85. The van der Waals surface area contributed by atoms with Crippen LogP contribution in [0, 0.1) is 0 Å². The molecule has 4 nitrogen and oxygen atoms in total. The molecule has 0 aromatic heterocycles. The van der Waals surface area contributed by atoms with E-state index in [0.717, 1.165) is 6.29 Å². The minimum atomic E-state index is -0.0461. The Morgan fingerprint density at radius 3 is 2.90 bits per heavy atom. The van der Waals surface area contributed by atoms with Gasteiger partial charge >= 0.3 is 0 Å². The highest BCUT2D eigenvalue weighted by atomic mass is 16.5. The molecule has 60 valence electrons. The van der Waals surface area contributed by atoms with Crippen molar-refractivity contribution in [1.29, 1.82) is 0 Å². The normalized spacial score (nSPS) is 13.0. The van der Waals surface area contributed by atoms with Gasteiger partial charge in [-0.25, -0.2) is 0 Å². The molecule has 0 heterocycles. The molecule has 0 saturated heterocycles. The summed E-state index contributed by atoms with van der Waals surface area (Å²) in [4.78, 5) is 9.84. The summed E-state index contributed by atoms with van der Waals surface area (Å²) in [5, 5.41) is 2.91. The van der Waals surface area contributed by atoms with Crippen LogP contribution in [0.3, 0.4) is 0 Å². The Morgan fingerprint density at radius 2 is 2.50 bits per heavy atom. The third-order valence-corrected chi connectivity index (χ3v) is 1.09. The number of carbonyl (C=O) groups is 1. The number of likely N-dealkylation sites (N-methyl/N-ethyl adjacent to an activating group) is 1. The van der Waals surface area contributed by atoms with Crippen molar-refractivity contribution in [3.63, 3.8) is 0 Å². The summed E-state index contributed by atoms with van der Waals surface area (Å²) in [7, 11) is 1.81. The molecule has 3 N–H and O–H groups in total. The maximum absolute atomic E-state index is 9.84. The lowest BCUT2D eigenvalue weighted by Crippen LogP contribution is -2.33. The van der Waals surface area contributed by atoms with E-state index < -0.39 is 0 Å². The number of rotatable bonds is 6. The SMILES string of the molecule is CNCC(CN)OCC=O. The van der Waals surface area contributed by atoms with E-state index in [2.05, 4.69) is 5.32 Å². The Hall–Kier alpha value is -0.450. The largest absolute Gasteiger partial charge is 0.368 e. The molecule has 0 fully saturated rings. The van der Waals surface area contributed by atoms with Gasteiger partial charge in [-0.1, -0.05) is 0 Å². The van der Waals surface area contributed by atoms with Crippen LogP contribution in [-0.2, 0) is 9.53 Å². The van der Waals surface area contributed by atoms with E-state index in [9.17, 15) is 4.79 Å². The number of nitrogens with two attached hydrogens (primary N) is 1. The van der Waals surface area contributed by atoms with Crippen LogP contribution in [0.25, 0.3) is 0 Å². The van der Waals surface area contributed by atoms with Gasteiger partial charge in [-0.3, -0.25) is 0 Å². The van der Waals surface area contributed by atoms with Crippen molar-refractivity contribution in [1.82, 2.24) is 5.32 Å².